The third kappa shape index (κ3) is 3.88. The Labute approximate surface area is 177 Å². The first-order chi connectivity index (χ1) is 14.4. The van der Waals surface area contributed by atoms with Gasteiger partial charge >= 0.3 is 0 Å². The third-order valence-corrected chi connectivity index (χ3v) is 5.94. The number of aromatic nitrogens is 1. The molecule has 2 heterocycles. The van der Waals surface area contributed by atoms with Gasteiger partial charge in [-0.2, -0.15) is 0 Å². The molecule has 0 spiro atoms. The molecular weight excluding hydrogens is 374 g/mol. The second-order valence-corrected chi connectivity index (χ2v) is 8.00. The number of nitrogens with one attached hydrogen (secondary N) is 1. The van der Waals surface area contributed by atoms with Crippen molar-refractivity contribution in [3.8, 4) is 0 Å². The molecule has 0 bridgehead atoms. The van der Waals surface area contributed by atoms with Crippen molar-refractivity contribution in [2.45, 2.75) is 39.8 Å². The number of aryl methyl sites for hydroxylation is 3. The second kappa shape index (κ2) is 8.19. The average Bonchev–Trinajstić information content (AvgIpc) is 3.19. The minimum atomic E-state index is -0.284. The van der Waals surface area contributed by atoms with E-state index in [-0.39, 0.29) is 24.3 Å². The van der Waals surface area contributed by atoms with Gasteiger partial charge in [-0.3, -0.25) is 9.59 Å². The fraction of sp³-hybridized carbons (Fsp3) is 0.280. The first-order valence-electron chi connectivity index (χ1n) is 10.3. The number of fused-ring (bicyclic) bond motifs is 1. The molecule has 0 aliphatic carbocycles. The van der Waals surface area contributed by atoms with E-state index in [1.165, 1.54) is 5.56 Å². The van der Waals surface area contributed by atoms with Crippen molar-refractivity contribution in [2.75, 3.05) is 11.9 Å². The van der Waals surface area contributed by atoms with Crippen LogP contribution in [0.1, 0.15) is 40.4 Å². The fourth-order valence-corrected chi connectivity index (χ4v) is 4.14. The molecule has 0 saturated carbocycles. The van der Waals surface area contributed by atoms with E-state index in [1.807, 2.05) is 55.1 Å². The monoisotopic (exact) mass is 401 g/mol. The highest BCUT2D eigenvalue weighted by atomic mass is 16.2. The van der Waals surface area contributed by atoms with Gasteiger partial charge in [0.1, 0.15) is 6.42 Å². The second-order valence-electron chi connectivity index (χ2n) is 8.00. The average molecular weight is 402 g/mol. The van der Waals surface area contributed by atoms with E-state index in [2.05, 4.69) is 41.2 Å². The van der Waals surface area contributed by atoms with Gasteiger partial charge in [0.25, 0.3) is 0 Å². The maximum absolute atomic E-state index is 13.2. The highest BCUT2D eigenvalue weighted by Gasteiger charge is 2.33. The van der Waals surface area contributed by atoms with E-state index in [9.17, 15) is 9.59 Å². The van der Waals surface area contributed by atoms with E-state index in [1.54, 1.807) is 0 Å². The van der Waals surface area contributed by atoms with Crippen LogP contribution in [0.3, 0.4) is 0 Å². The number of benzene rings is 2. The number of nitrogens with zero attached hydrogens (tertiary/aromatic N) is 2. The Kier molecular flexibility index (Phi) is 5.44. The lowest BCUT2D eigenvalue weighted by Gasteiger charge is -2.38. The molecular formula is C25H27N3O2. The van der Waals surface area contributed by atoms with Crippen LogP contribution in [0.2, 0.25) is 0 Å². The number of hydrogen-bond acceptors (Lipinski definition) is 2. The Balaban J connectivity index is 1.55. The SMILES string of the molecule is Cc1ccc(NC(=O)CC(=O)N2CCn3cccc3C2c2ccccc2C)cc1C. The normalized spacial score (nSPS) is 15.6. The van der Waals surface area contributed by atoms with Crippen molar-refractivity contribution in [1.29, 1.82) is 0 Å². The van der Waals surface area contributed by atoms with Crippen LogP contribution in [0.25, 0.3) is 0 Å². The fourth-order valence-electron chi connectivity index (χ4n) is 4.14. The Morgan fingerprint density at radius 3 is 2.50 bits per heavy atom. The van der Waals surface area contributed by atoms with Crippen LogP contribution < -0.4 is 5.32 Å². The lowest BCUT2D eigenvalue weighted by Crippen LogP contribution is -2.43. The molecule has 1 atom stereocenters. The number of carbonyl (C=O) groups is 2. The van der Waals surface area contributed by atoms with Gasteiger partial charge in [0.15, 0.2) is 0 Å². The number of amides is 2. The molecule has 4 rings (SSSR count). The lowest BCUT2D eigenvalue weighted by atomic mass is 9.95. The van der Waals surface area contributed by atoms with E-state index < -0.39 is 0 Å². The molecule has 1 N–H and O–H groups in total. The first kappa shape index (κ1) is 20.0. The molecule has 0 radical (unpaired) electrons. The minimum absolute atomic E-state index is 0.156. The predicted octanol–water partition coefficient (Wildman–Crippen LogP) is 4.37. The first-order valence-corrected chi connectivity index (χ1v) is 10.3. The smallest absolute Gasteiger partial charge is 0.233 e. The Morgan fingerprint density at radius 1 is 0.933 bits per heavy atom. The minimum Gasteiger partial charge on any atom is -0.348 e. The molecule has 1 unspecified atom stereocenters. The van der Waals surface area contributed by atoms with Gasteiger partial charge in [-0.25, -0.2) is 0 Å². The van der Waals surface area contributed by atoms with Crippen LogP contribution in [0.4, 0.5) is 5.69 Å². The Morgan fingerprint density at radius 2 is 1.73 bits per heavy atom. The molecule has 5 nitrogen and oxygen atoms in total. The van der Waals surface area contributed by atoms with Gasteiger partial charge in [0.2, 0.25) is 11.8 Å². The molecule has 1 aliphatic rings. The summed E-state index contributed by atoms with van der Waals surface area (Å²) in [4.78, 5) is 27.7. The maximum Gasteiger partial charge on any atom is 0.233 e. The van der Waals surface area contributed by atoms with Gasteiger partial charge in [0, 0.05) is 30.7 Å². The maximum atomic E-state index is 13.2. The number of carbonyl (C=O) groups excluding carboxylic acids is 2. The number of rotatable bonds is 4. The van der Waals surface area contributed by atoms with Crippen molar-refractivity contribution >= 4 is 17.5 Å². The predicted molar refractivity (Wildman–Crippen MR) is 118 cm³/mol. The van der Waals surface area contributed by atoms with E-state index >= 15 is 0 Å². The van der Waals surface area contributed by atoms with Crippen molar-refractivity contribution in [1.82, 2.24) is 9.47 Å². The molecule has 0 fully saturated rings. The van der Waals surface area contributed by atoms with Gasteiger partial charge in [-0.1, -0.05) is 30.3 Å². The molecule has 0 saturated heterocycles. The van der Waals surface area contributed by atoms with Crippen LogP contribution in [0.15, 0.2) is 60.8 Å². The number of anilines is 1. The summed E-state index contributed by atoms with van der Waals surface area (Å²) in [6, 6.07) is 17.8. The van der Waals surface area contributed by atoms with Crippen LogP contribution in [-0.2, 0) is 16.1 Å². The van der Waals surface area contributed by atoms with Crippen molar-refractivity contribution in [3.05, 3.63) is 88.7 Å². The standard InChI is InChI=1S/C25H27N3O2/c1-17-10-11-20(15-19(17)3)26-23(29)16-24(30)28-14-13-27-12-6-9-22(27)25(28)21-8-5-4-7-18(21)2/h4-12,15,25H,13-14,16H2,1-3H3,(H,26,29). The molecule has 30 heavy (non-hydrogen) atoms. The molecule has 2 amide bonds. The highest BCUT2D eigenvalue weighted by molar-refractivity contribution is 6.03. The van der Waals surface area contributed by atoms with Crippen molar-refractivity contribution in [3.63, 3.8) is 0 Å². The highest BCUT2D eigenvalue weighted by Crippen LogP contribution is 2.34. The van der Waals surface area contributed by atoms with E-state index in [0.717, 1.165) is 34.6 Å². The summed E-state index contributed by atoms with van der Waals surface area (Å²) in [5.41, 5.74) is 6.31. The summed E-state index contributed by atoms with van der Waals surface area (Å²) >= 11 is 0. The van der Waals surface area contributed by atoms with Gasteiger partial charge < -0.3 is 14.8 Å². The van der Waals surface area contributed by atoms with Crippen LogP contribution in [0, 0.1) is 20.8 Å². The quantitative estimate of drug-likeness (QED) is 0.660. The summed E-state index contributed by atoms with van der Waals surface area (Å²) in [5.74, 6) is -0.440. The zero-order valence-electron chi connectivity index (χ0n) is 17.7. The zero-order chi connectivity index (χ0) is 21.3. The van der Waals surface area contributed by atoms with Crippen LogP contribution in [0.5, 0.6) is 0 Å². The summed E-state index contributed by atoms with van der Waals surface area (Å²) in [5, 5.41) is 2.87. The Bertz CT molecular complexity index is 1100. The topological polar surface area (TPSA) is 54.3 Å². The van der Waals surface area contributed by atoms with Crippen molar-refractivity contribution in [2.24, 2.45) is 0 Å². The van der Waals surface area contributed by atoms with Crippen LogP contribution in [-0.4, -0.2) is 27.8 Å². The third-order valence-electron chi connectivity index (χ3n) is 5.94. The molecule has 3 aromatic rings. The van der Waals surface area contributed by atoms with Gasteiger partial charge in [-0.15, -0.1) is 0 Å². The molecule has 154 valence electrons. The largest absolute Gasteiger partial charge is 0.348 e. The molecule has 5 heteroatoms. The number of hydrogen-bond donors (Lipinski definition) is 1. The summed E-state index contributed by atoms with van der Waals surface area (Å²) < 4.78 is 2.19. The van der Waals surface area contributed by atoms with Gasteiger partial charge in [0.05, 0.1) is 6.04 Å². The summed E-state index contributed by atoms with van der Waals surface area (Å²) in [6.07, 6.45) is 1.88. The van der Waals surface area contributed by atoms with Crippen LogP contribution >= 0.6 is 0 Å². The van der Waals surface area contributed by atoms with E-state index in [4.69, 9.17) is 0 Å². The van der Waals surface area contributed by atoms with Crippen molar-refractivity contribution < 1.29 is 9.59 Å². The van der Waals surface area contributed by atoms with E-state index in [0.29, 0.717) is 6.54 Å². The summed E-state index contributed by atoms with van der Waals surface area (Å²) in [7, 11) is 0. The molecule has 1 aliphatic heterocycles. The van der Waals surface area contributed by atoms with Gasteiger partial charge in [-0.05, 0) is 67.3 Å². The lowest BCUT2D eigenvalue weighted by molar-refractivity contribution is -0.136. The molecule has 2 aromatic carbocycles. The summed E-state index contributed by atoms with van der Waals surface area (Å²) in [6.45, 7) is 7.41. The molecule has 1 aromatic heterocycles. The zero-order valence-corrected chi connectivity index (χ0v) is 17.7. The Hall–Kier alpha value is -3.34.